The molecule has 1 unspecified atom stereocenters. The molecule has 0 saturated heterocycles. The molecule has 0 spiro atoms. The van der Waals surface area contributed by atoms with Gasteiger partial charge < -0.3 is 10.2 Å². The van der Waals surface area contributed by atoms with Crippen molar-refractivity contribution in [2.45, 2.75) is 60.5 Å². The summed E-state index contributed by atoms with van der Waals surface area (Å²) >= 11 is 0. The lowest BCUT2D eigenvalue weighted by atomic mass is 10.0. The van der Waals surface area contributed by atoms with Gasteiger partial charge in [0.15, 0.2) is 0 Å². The number of pyridine rings is 1. The highest BCUT2D eigenvalue weighted by molar-refractivity contribution is 5.43. The van der Waals surface area contributed by atoms with Gasteiger partial charge in [-0.3, -0.25) is 0 Å². The second-order valence-corrected chi connectivity index (χ2v) is 6.80. The summed E-state index contributed by atoms with van der Waals surface area (Å²) in [4.78, 5) is 7.10. The van der Waals surface area contributed by atoms with Gasteiger partial charge in [0.1, 0.15) is 5.82 Å². The highest BCUT2D eigenvalue weighted by Gasteiger charge is 2.15. The third kappa shape index (κ3) is 5.66. The fourth-order valence-electron chi connectivity index (χ4n) is 2.26. The SMILES string of the molecule is CCc1cc(CNCC(C)C)cc(N(C)C(C)C(C)C)n1. The number of nitrogens with one attached hydrogen (secondary N) is 1. The predicted molar refractivity (Wildman–Crippen MR) is 92.9 cm³/mol. The van der Waals surface area contributed by atoms with Gasteiger partial charge in [-0.1, -0.05) is 34.6 Å². The lowest BCUT2D eigenvalue weighted by Crippen LogP contribution is -2.34. The normalized spacial score (nSPS) is 13.0. The summed E-state index contributed by atoms with van der Waals surface area (Å²) in [6.45, 7) is 15.4. The van der Waals surface area contributed by atoms with E-state index >= 15 is 0 Å². The van der Waals surface area contributed by atoms with E-state index in [1.165, 1.54) is 11.3 Å². The van der Waals surface area contributed by atoms with Crippen LogP contribution in [0.15, 0.2) is 12.1 Å². The van der Waals surface area contributed by atoms with Crippen LogP contribution in [-0.2, 0) is 13.0 Å². The van der Waals surface area contributed by atoms with E-state index in [-0.39, 0.29) is 0 Å². The van der Waals surface area contributed by atoms with Crippen molar-refractivity contribution in [3.8, 4) is 0 Å². The maximum absolute atomic E-state index is 4.80. The first-order valence-corrected chi connectivity index (χ1v) is 8.28. The van der Waals surface area contributed by atoms with Gasteiger partial charge in [0.25, 0.3) is 0 Å². The van der Waals surface area contributed by atoms with Crippen LogP contribution in [0.2, 0.25) is 0 Å². The van der Waals surface area contributed by atoms with Crippen molar-refractivity contribution in [1.29, 1.82) is 0 Å². The van der Waals surface area contributed by atoms with Crippen LogP contribution >= 0.6 is 0 Å². The van der Waals surface area contributed by atoms with E-state index in [0.717, 1.165) is 25.3 Å². The van der Waals surface area contributed by atoms with Crippen LogP contribution < -0.4 is 10.2 Å². The molecule has 0 saturated carbocycles. The Balaban J connectivity index is 2.88. The van der Waals surface area contributed by atoms with Gasteiger partial charge >= 0.3 is 0 Å². The van der Waals surface area contributed by atoms with E-state index in [0.29, 0.717) is 17.9 Å². The van der Waals surface area contributed by atoms with Gasteiger partial charge in [0, 0.05) is 25.3 Å². The Bertz CT molecular complexity index is 426. The van der Waals surface area contributed by atoms with Crippen LogP contribution in [-0.4, -0.2) is 24.6 Å². The minimum atomic E-state index is 0.487. The summed E-state index contributed by atoms with van der Waals surface area (Å²) in [5.41, 5.74) is 2.51. The molecule has 3 heteroatoms. The fraction of sp³-hybridized carbons (Fsp3) is 0.722. The van der Waals surface area contributed by atoms with E-state index in [1.54, 1.807) is 0 Å². The average Bonchev–Trinajstić information content (AvgIpc) is 2.44. The molecule has 0 aliphatic carbocycles. The average molecular weight is 291 g/mol. The zero-order valence-corrected chi connectivity index (χ0v) is 14.9. The second-order valence-electron chi connectivity index (χ2n) is 6.80. The van der Waals surface area contributed by atoms with Crippen molar-refractivity contribution in [1.82, 2.24) is 10.3 Å². The van der Waals surface area contributed by atoms with Gasteiger partial charge in [-0.2, -0.15) is 0 Å². The molecule has 0 aliphatic heterocycles. The van der Waals surface area contributed by atoms with Crippen molar-refractivity contribution < 1.29 is 0 Å². The predicted octanol–water partition coefficient (Wildman–Crippen LogP) is 3.87. The summed E-state index contributed by atoms with van der Waals surface area (Å²) in [5.74, 6) is 2.39. The lowest BCUT2D eigenvalue weighted by Gasteiger charge is -2.29. The summed E-state index contributed by atoms with van der Waals surface area (Å²) in [6, 6.07) is 4.94. The number of nitrogens with zero attached hydrogens (tertiary/aromatic N) is 2. The number of aromatic nitrogens is 1. The van der Waals surface area contributed by atoms with Crippen LogP contribution in [0.1, 0.15) is 52.8 Å². The van der Waals surface area contributed by atoms with Crippen LogP contribution in [0.3, 0.4) is 0 Å². The standard InChI is InChI=1S/C18H33N3/c1-8-17-9-16(12-19-11-13(2)3)10-18(20-17)21(7)15(6)14(4)5/h9-10,13-15,19H,8,11-12H2,1-7H3. The molecule has 0 amide bonds. The Morgan fingerprint density at radius 3 is 2.33 bits per heavy atom. The highest BCUT2D eigenvalue weighted by Crippen LogP contribution is 2.19. The smallest absolute Gasteiger partial charge is 0.129 e. The van der Waals surface area contributed by atoms with E-state index < -0.39 is 0 Å². The van der Waals surface area contributed by atoms with Crippen LogP contribution in [0.5, 0.6) is 0 Å². The molecular formula is C18H33N3. The van der Waals surface area contributed by atoms with E-state index in [1.807, 2.05) is 0 Å². The quantitative estimate of drug-likeness (QED) is 0.788. The third-order valence-electron chi connectivity index (χ3n) is 4.11. The number of hydrogen-bond acceptors (Lipinski definition) is 3. The molecule has 21 heavy (non-hydrogen) atoms. The highest BCUT2D eigenvalue weighted by atomic mass is 15.2. The number of aryl methyl sites for hydroxylation is 1. The fourth-order valence-corrected chi connectivity index (χ4v) is 2.26. The Kier molecular flexibility index (Phi) is 7.16. The van der Waals surface area contributed by atoms with Gasteiger partial charge in [-0.25, -0.2) is 4.98 Å². The van der Waals surface area contributed by atoms with Crippen LogP contribution in [0.4, 0.5) is 5.82 Å². The molecule has 0 fully saturated rings. The van der Waals surface area contributed by atoms with Crippen molar-refractivity contribution in [2.75, 3.05) is 18.5 Å². The van der Waals surface area contributed by atoms with Crippen molar-refractivity contribution in [2.24, 2.45) is 11.8 Å². The largest absolute Gasteiger partial charge is 0.357 e. The lowest BCUT2D eigenvalue weighted by molar-refractivity contribution is 0.502. The van der Waals surface area contributed by atoms with Gasteiger partial charge in [-0.15, -0.1) is 0 Å². The number of hydrogen-bond donors (Lipinski definition) is 1. The van der Waals surface area contributed by atoms with Crippen LogP contribution in [0, 0.1) is 11.8 Å². The molecule has 1 rings (SSSR count). The van der Waals surface area contributed by atoms with Gasteiger partial charge in [0.2, 0.25) is 0 Å². The molecular weight excluding hydrogens is 258 g/mol. The molecule has 1 atom stereocenters. The monoisotopic (exact) mass is 291 g/mol. The Morgan fingerprint density at radius 2 is 1.81 bits per heavy atom. The molecule has 1 aromatic heterocycles. The molecule has 120 valence electrons. The number of rotatable bonds is 8. The zero-order chi connectivity index (χ0) is 16.0. The summed E-state index contributed by atoms with van der Waals surface area (Å²) in [7, 11) is 2.15. The van der Waals surface area contributed by atoms with Crippen molar-refractivity contribution >= 4 is 5.82 Å². The summed E-state index contributed by atoms with van der Waals surface area (Å²) in [5, 5.41) is 3.52. The summed E-state index contributed by atoms with van der Waals surface area (Å²) in [6.07, 6.45) is 0.981. The summed E-state index contributed by atoms with van der Waals surface area (Å²) < 4.78 is 0. The maximum atomic E-state index is 4.80. The first kappa shape index (κ1) is 18.0. The Hall–Kier alpha value is -1.09. The maximum Gasteiger partial charge on any atom is 0.129 e. The minimum Gasteiger partial charge on any atom is -0.357 e. The van der Waals surface area contributed by atoms with Gasteiger partial charge in [-0.05, 0) is 49.4 Å². The molecule has 0 radical (unpaired) electrons. The van der Waals surface area contributed by atoms with E-state index in [4.69, 9.17) is 4.98 Å². The first-order chi connectivity index (χ1) is 9.85. The van der Waals surface area contributed by atoms with Gasteiger partial charge in [0.05, 0.1) is 0 Å². The molecule has 1 N–H and O–H groups in total. The zero-order valence-electron chi connectivity index (χ0n) is 14.9. The molecule has 0 aromatic carbocycles. The molecule has 3 nitrogen and oxygen atoms in total. The van der Waals surface area contributed by atoms with Crippen LogP contribution in [0.25, 0.3) is 0 Å². The van der Waals surface area contributed by atoms with E-state index in [2.05, 4.69) is 70.9 Å². The molecule has 1 heterocycles. The topological polar surface area (TPSA) is 28.2 Å². The number of anilines is 1. The molecule has 0 aliphatic rings. The Labute approximate surface area is 131 Å². The van der Waals surface area contributed by atoms with Crippen molar-refractivity contribution in [3.63, 3.8) is 0 Å². The Morgan fingerprint density at radius 1 is 1.14 bits per heavy atom. The minimum absolute atomic E-state index is 0.487. The molecule has 0 bridgehead atoms. The molecule has 1 aromatic rings. The first-order valence-electron chi connectivity index (χ1n) is 8.28. The third-order valence-corrected chi connectivity index (χ3v) is 4.11. The van der Waals surface area contributed by atoms with E-state index in [9.17, 15) is 0 Å². The second kappa shape index (κ2) is 8.38. The van der Waals surface area contributed by atoms with Crippen molar-refractivity contribution in [3.05, 3.63) is 23.4 Å².